The van der Waals surface area contributed by atoms with Crippen molar-refractivity contribution in [1.29, 1.82) is 0 Å². The van der Waals surface area contributed by atoms with Crippen molar-refractivity contribution in [2.75, 3.05) is 25.6 Å². The van der Waals surface area contributed by atoms with Crippen molar-refractivity contribution in [3.63, 3.8) is 0 Å². The van der Waals surface area contributed by atoms with Gasteiger partial charge in [-0.15, -0.1) is 0 Å². The molecular weight excluding hydrogens is 196 g/mol. The highest BCUT2D eigenvalue weighted by Gasteiger charge is 2.18. The Balaban J connectivity index is 2.57. The largest absolute Gasteiger partial charge is 0.481 e. The highest BCUT2D eigenvalue weighted by molar-refractivity contribution is 5.45. The van der Waals surface area contributed by atoms with Gasteiger partial charge in [-0.3, -0.25) is 0 Å². The van der Waals surface area contributed by atoms with Gasteiger partial charge in [0.05, 0.1) is 13.7 Å². The number of pyridine rings is 1. The van der Waals surface area contributed by atoms with Crippen LogP contribution in [0.5, 0.6) is 5.88 Å². The maximum absolute atomic E-state index is 9.55. The fraction of sp³-hybridized carbons (Fsp3) is 0.500. The van der Waals surface area contributed by atoms with Crippen LogP contribution in [0.1, 0.15) is 6.92 Å². The molecule has 1 unspecified atom stereocenters. The predicted octanol–water partition coefficient (Wildman–Crippen LogP) is 0.245. The highest BCUT2D eigenvalue weighted by Crippen LogP contribution is 2.14. The summed E-state index contributed by atoms with van der Waals surface area (Å²) in [5, 5.41) is 21.4. The van der Waals surface area contributed by atoms with E-state index in [2.05, 4.69) is 10.3 Å². The lowest BCUT2D eigenvalue weighted by Gasteiger charge is -2.21. The minimum Gasteiger partial charge on any atom is -0.481 e. The van der Waals surface area contributed by atoms with Crippen molar-refractivity contribution in [2.45, 2.75) is 12.5 Å². The number of nitrogens with zero attached hydrogens (tertiary/aromatic N) is 1. The van der Waals surface area contributed by atoms with Gasteiger partial charge >= 0.3 is 0 Å². The van der Waals surface area contributed by atoms with Crippen LogP contribution in [-0.4, -0.2) is 41.1 Å². The first-order valence-electron chi connectivity index (χ1n) is 4.64. The zero-order valence-corrected chi connectivity index (χ0v) is 8.90. The molecule has 0 fully saturated rings. The van der Waals surface area contributed by atoms with Gasteiger partial charge in [0.25, 0.3) is 0 Å². The predicted molar refractivity (Wildman–Crippen MR) is 57.0 cm³/mol. The van der Waals surface area contributed by atoms with E-state index in [4.69, 9.17) is 9.84 Å². The number of hydrogen-bond acceptors (Lipinski definition) is 5. The molecule has 3 N–H and O–H groups in total. The van der Waals surface area contributed by atoms with E-state index in [1.807, 2.05) is 0 Å². The van der Waals surface area contributed by atoms with E-state index in [-0.39, 0.29) is 13.2 Å². The summed E-state index contributed by atoms with van der Waals surface area (Å²) in [4.78, 5) is 3.95. The standard InChI is InChI=1S/C10H16N2O3/c1-10(14,7-13)6-12-8-3-4-11-9(5-8)15-2/h3-5,13-14H,6-7H2,1-2H3,(H,11,12). The van der Waals surface area contributed by atoms with Gasteiger partial charge in [0.2, 0.25) is 5.88 Å². The van der Waals surface area contributed by atoms with Crippen LogP contribution in [0.25, 0.3) is 0 Å². The number of aliphatic hydroxyl groups excluding tert-OH is 1. The molecule has 0 spiro atoms. The molecule has 1 aromatic heterocycles. The zero-order valence-electron chi connectivity index (χ0n) is 8.90. The average Bonchev–Trinajstić information content (AvgIpc) is 2.27. The number of aromatic nitrogens is 1. The first-order valence-corrected chi connectivity index (χ1v) is 4.64. The molecule has 0 aliphatic carbocycles. The summed E-state index contributed by atoms with van der Waals surface area (Å²) < 4.78 is 4.95. The lowest BCUT2D eigenvalue weighted by atomic mass is 10.1. The van der Waals surface area contributed by atoms with Gasteiger partial charge in [0.15, 0.2) is 0 Å². The molecule has 1 heterocycles. The van der Waals surface area contributed by atoms with Crippen molar-refractivity contribution < 1.29 is 14.9 Å². The minimum atomic E-state index is -1.13. The molecular formula is C10H16N2O3. The Morgan fingerprint density at radius 2 is 2.33 bits per heavy atom. The summed E-state index contributed by atoms with van der Waals surface area (Å²) in [5.41, 5.74) is -0.341. The van der Waals surface area contributed by atoms with Crippen molar-refractivity contribution in [1.82, 2.24) is 4.98 Å². The van der Waals surface area contributed by atoms with Crippen LogP contribution in [0.15, 0.2) is 18.3 Å². The first kappa shape index (κ1) is 11.7. The molecule has 1 rings (SSSR count). The van der Waals surface area contributed by atoms with Gasteiger partial charge in [0, 0.05) is 24.5 Å². The van der Waals surface area contributed by atoms with Crippen LogP contribution < -0.4 is 10.1 Å². The molecule has 1 atom stereocenters. The fourth-order valence-corrected chi connectivity index (χ4v) is 0.979. The van der Waals surface area contributed by atoms with Gasteiger partial charge in [-0.2, -0.15) is 0 Å². The monoisotopic (exact) mass is 212 g/mol. The van der Waals surface area contributed by atoms with Crippen LogP contribution in [0.2, 0.25) is 0 Å². The lowest BCUT2D eigenvalue weighted by molar-refractivity contribution is 0.0132. The quantitative estimate of drug-likeness (QED) is 0.652. The average molecular weight is 212 g/mol. The molecule has 0 aromatic carbocycles. The number of aliphatic hydroxyl groups is 2. The Kier molecular flexibility index (Phi) is 3.88. The van der Waals surface area contributed by atoms with E-state index in [0.717, 1.165) is 5.69 Å². The molecule has 0 aliphatic rings. The molecule has 0 saturated carbocycles. The fourth-order valence-electron chi connectivity index (χ4n) is 0.979. The molecule has 15 heavy (non-hydrogen) atoms. The van der Waals surface area contributed by atoms with E-state index in [1.54, 1.807) is 25.3 Å². The van der Waals surface area contributed by atoms with Crippen LogP contribution >= 0.6 is 0 Å². The Hall–Kier alpha value is -1.33. The minimum absolute atomic E-state index is 0.261. The number of anilines is 1. The van der Waals surface area contributed by atoms with Gasteiger partial charge in [-0.1, -0.05) is 0 Å². The second-order valence-electron chi connectivity index (χ2n) is 3.60. The Labute approximate surface area is 88.7 Å². The Morgan fingerprint density at radius 1 is 1.60 bits per heavy atom. The van der Waals surface area contributed by atoms with Crippen molar-refractivity contribution in [2.24, 2.45) is 0 Å². The molecule has 5 nitrogen and oxygen atoms in total. The zero-order chi connectivity index (χ0) is 11.3. The smallest absolute Gasteiger partial charge is 0.214 e. The number of methoxy groups -OCH3 is 1. The summed E-state index contributed by atoms with van der Waals surface area (Å²) >= 11 is 0. The summed E-state index contributed by atoms with van der Waals surface area (Å²) in [6, 6.07) is 3.48. The molecule has 5 heteroatoms. The van der Waals surface area contributed by atoms with Gasteiger partial charge < -0.3 is 20.3 Å². The molecule has 0 saturated heterocycles. The van der Waals surface area contributed by atoms with E-state index >= 15 is 0 Å². The molecule has 0 bridgehead atoms. The molecule has 0 aliphatic heterocycles. The maximum Gasteiger partial charge on any atom is 0.214 e. The van der Waals surface area contributed by atoms with Crippen LogP contribution in [0.4, 0.5) is 5.69 Å². The molecule has 84 valence electrons. The SMILES string of the molecule is COc1cc(NCC(C)(O)CO)ccn1. The summed E-state index contributed by atoms with van der Waals surface area (Å²) in [5.74, 6) is 0.503. The number of rotatable bonds is 5. The number of nitrogens with one attached hydrogen (secondary N) is 1. The van der Waals surface area contributed by atoms with Gasteiger partial charge in [-0.25, -0.2) is 4.98 Å². The number of hydrogen-bond donors (Lipinski definition) is 3. The topological polar surface area (TPSA) is 74.6 Å². The van der Waals surface area contributed by atoms with Crippen LogP contribution in [0.3, 0.4) is 0 Å². The summed E-state index contributed by atoms with van der Waals surface area (Å²) in [6.45, 7) is 1.53. The van der Waals surface area contributed by atoms with E-state index in [1.165, 1.54) is 7.11 Å². The number of ether oxygens (including phenoxy) is 1. The Bertz CT molecular complexity index is 315. The van der Waals surface area contributed by atoms with Gasteiger partial charge in [-0.05, 0) is 13.0 Å². The second-order valence-corrected chi connectivity index (χ2v) is 3.60. The van der Waals surface area contributed by atoms with Crippen LogP contribution in [-0.2, 0) is 0 Å². The third-order valence-corrected chi connectivity index (χ3v) is 1.96. The first-order chi connectivity index (χ1) is 7.07. The molecule has 0 radical (unpaired) electrons. The van der Waals surface area contributed by atoms with E-state index < -0.39 is 5.60 Å². The second kappa shape index (κ2) is 4.95. The molecule has 0 amide bonds. The van der Waals surface area contributed by atoms with E-state index in [0.29, 0.717) is 5.88 Å². The summed E-state index contributed by atoms with van der Waals surface area (Å²) in [6.07, 6.45) is 1.61. The van der Waals surface area contributed by atoms with Gasteiger partial charge in [0.1, 0.15) is 5.60 Å². The van der Waals surface area contributed by atoms with Crippen LogP contribution in [0, 0.1) is 0 Å². The van der Waals surface area contributed by atoms with E-state index in [9.17, 15) is 5.11 Å². The highest BCUT2D eigenvalue weighted by atomic mass is 16.5. The summed E-state index contributed by atoms with van der Waals surface area (Å²) in [7, 11) is 1.54. The normalized spacial score (nSPS) is 14.4. The maximum atomic E-state index is 9.55. The van der Waals surface area contributed by atoms with Crippen molar-refractivity contribution in [3.8, 4) is 5.88 Å². The third kappa shape index (κ3) is 3.73. The Morgan fingerprint density at radius 3 is 2.93 bits per heavy atom. The van der Waals surface area contributed by atoms with Crippen molar-refractivity contribution >= 4 is 5.69 Å². The third-order valence-electron chi connectivity index (χ3n) is 1.96. The lowest BCUT2D eigenvalue weighted by Crippen LogP contribution is -2.37. The van der Waals surface area contributed by atoms with Crippen molar-refractivity contribution in [3.05, 3.63) is 18.3 Å². The molecule has 1 aromatic rings.